The van der Waals surface area contributed by atoms with Gasteiger partial charge in [-0.15, -0.1) is 5.10 Å². The molecule has 0 bridgehead atoms. The first-order valence-electron chi connectivity index (χ1n) is 5.86. The Kier molecular flexibility index (Phi) is 6.80. The number of thioether (sulfide) groups is 1. The fourth-order valence-corrected chi connectivity index (χ4v) is 3.04. The molecular formula is C11H21N3S2. The fraction of sp³-hybridized carbons (Fsp3) is 0.818. The first kappa shape index (κ1) is 13.8. The van der Waals surface area contributed by atoms with Gasteiger partial charge in [0.2, 0.25) is 0 Å². The third kappa shape index (κ3) is 5.16. The molecular weight excluding hydrogens is 238 g/mol. The Morgan fingerprint density at radius 2 is 2.25 bits per heavy atom. The summed E-state index contributed by atoms with van der Waals surface area (Å²) in [4.78, 5) is 0. The Morgan fingerprint density at radius 3 is 2.94 bits per heavy atom. The summed E-state index contributed by atoms with van der Waals surface area (Å²) in [6.07, 6.45) is 2.41. The molecule has 0 aromatic carbocycles. The van der Waals surface area contributed by atoms with Crippen molar-refractivity contribution in [2.75, 3.05) is 17.6 Å². The van der Waals surface area contributed by atoms with E-state index in [4.69, 9.17) is 0 Å². The van der Waals surface area contributed by atoms with Gasteiger partial charge in [-0.25, -0.2) is 0 Å². The van der Waals surface area contributed by atoms with Crippen LogP contribution in [-0.4, -0.2) is 21.9 Å². The van der Waals surface area contributed by atoms with E-state index in [1.165, 1.54) is 23.7 Å². The molecule has 1 N–H and O–H groups in total. The van der Waals surface area contributed by atoms with Crippen LogP contribution in [0, 0.1) is 5.92 Å². The minimum atomic E-state index is 0.791. The molecule has 0 saturated carbocycles. The molecule has 3 nitrogen and oxygen atoms in total. The van der Waals surface area contributed by atoms with Crippen LogP contribution in [0.2, 0.25) is 0 Å². The highest BCUT2D eigenvalue weighted by atomic mass is 32.2. The molecule has 1 aromatic heterocycles. The Morgan fingerprint density at radius 1 is 1.44 bits per heavy atom. The average molecular weight is 259 g/mol. The topological polar surface area (TPSA) is 37.8 Å². The number of anilines is 1. The Hall–Kier alpha value is -0.290. The summed E-state index contributed by atoms with van der Waals surface area (Å²) in [6.45, 7) is 7.70. The number of hydrogen-bond acceptors (Lipinski definition) is 5. The molecule has 16 heavy (non-hydrogen) atoms. The minimum absolute atomic E-state index is 0.791. The van der Waals surface area contributed by atoms with Crippen LogP contribution in [0.3, 0.4) is 0 Å². The van der Waals surface area contributed by atoms with Crippen molar-refractivity contribution in [3.63, 3.8) is 0 Å². The number of aromatic nitrogens is 2. The molecule has 0 saturated heterocycles. The molecule has 0 aliphatic carbocycles. The molecule has 92 valence electrons. The molecule has 0 aliphatic rings. The molecule has 0 spiro atoms. The zero-order valence-electron chi connectivity index (χ0n) is 10.3. The zero-order chi connectivity index (χ0) is 11.8. The van der Waals surface area contributed by atoms with Gasteiger partial charge in [-0.3, -0.25) is 0 Å². The van der Waals surface area contributed by atoms with Crippen molar-refractivity contribution in [2.45, 2.75) is 39.4 Å². The molecule has 0 atom stereocenters. The average Bonchev–Trinajstić information content (AvgIpc) is 2.69. The van der Waals surface area contributed by atoms with Gasteiger partial charge in [-0.2, -0.15) is 11.8 Å². The van der Waals surface area contributed by atoms with Crippen molar-refractivity contribution in [3.8, 4) is 0 Å². The van der Waals surface area contributed by atoms with Gasteiger partial charge in [0, 0.05) is 23.8 Å². The van der Waals surface area contributed by atoms with Gasteiger partial charge in [0.05, 0.1) is 0 Å². The standard InChI is InChI=1S/C11H21N3S2/c1-4-6-12-11-10(13-14-16-11)8-15-7-5-9(2)3/h9,12H,4-8H2,1-3H3. The summed E-state index contributed by atoms with van der Waals surface area (Å²) in [7, 11) is 0. The normalized spacial score (nSPS) is 11.0. The Labute approximate surface area is 107 Å². The molecule has 0 radical (unpaired) electrons. The van der Waals surface area contributed by atoms with E-state index in [-0.39, 0.29) is 0 Å². The summed E-state index contributed by atoms with van der Waals surface area (Å²) in [6, 6.07) is 0. The summed E-state index contributed by atoms with van der Waals surface area (Å²) >= 11 is 3.42. The van der Waals surface area contributed by atoms with Gasteiger partial charge in [-0.1, -0.05) is 25.3 Å². The summed E-state index contributed by atoms with van der Waals surface area (Å²) < 4.78 is 4.00. The molecule has 1 heterocycles. The van der Waals surface area contributed by atoms with Crippen LogP contribution in [0.15, 0.2) is 0 Å². The molecule has 1 aromatic rings. The number of rotatable bonds is 8. The largest absolute Gasteiger partial charge is 0.374 e. The van der Waals surface area contributed by atoms with Crippen molar-refractivity contribution in [1.82, 2.24) is 9.59 Å². The lowest BCUT2D eigenvalue weighted by Crippen LogP contribution is -2.00. The highest BCUT2D eigenvalue weighted by molar-refractivity contribution is 7.98. The smallest absolute Gasteiger partial charge is 0.134 e. The van der Waals surface area contributed by atoms with E-state index in [9.17, 15) is 0 Å². The number of nitrogens with one attached hydrogen (secondary N) is 1. The van der Waals surface area contributed by atoms with Crippen LogP contribution in [-0.2, 0) is 5.75 Å². The van der Waals surface area contributed by atoms with Crippen LogP contribution in [0.5, 0.6) is 0 Å². The van der Waals surface area contributed by atoms with E-state index >= 15 is 0 Å². The van der Waals surface area contributed by atoms with Gasteiger partial charge in [0.25, 0.3) is 0 Å². The lowest BCUT2D eigenvalue weighted by atomic mass is 10.2. The van der Waals surface area contributed by atoms with Crippen LogP contribution in [0.4, 0.5) is 5.00 Å². The van der Waals surface area contributed by atoms with Crippen molar-refractivity contribution < 1.29 is 0 Å². The van der Waals surface area contributed by atoms with Crippen molar-refractivity contribution in [1.29, 1.82) is 0 Å². The van der Waals surface area contributed by atoms with Gasteiger partial charge in [0.1, 0.15) is 10.7 Å². The third-order valence-corrected chi connectivity index (χ3v) is 3.90. The highest BCUT2D eigenvalue weighted by Gasteiger charge is 2.07. The van der Waals surface area contributed by atoms with E-state index < -0.39 is 0 Å². The first-order valence-corrected chi connectivity index (χ1v) is 7.79. The summed E-state index contributed by atoms with van der Waals surface area (Å²) in [5, 5.41) is 8.70. The quantitative estimate of drug-likeness (QED) is 0.723. The van der Waals surface area contributed by atoms with Crippen molar-refractivity contribution >= 4 is 28.3 Å². The maximum absolute atomic E-state index is 4.17. The lowest BCUT2D eigenvalue weighted by molar-refractivity contribution is 0.632. The SMILES string of the molecule is CCCNc1snnc1CSCCC(C)C. The van der Waals surface area contributed by atoms with Crippen LogP contribution >= 0.6 is 23.3 Å². The second-order valence-corrected chi connectivity index (χ2v) is 6.07. The number of hydrogen-bond donors (Lipinski definition) is 1. The molecule has 0 unspecified atom stereocenters. The monoisotopic (exact) mass is 259 g/mol. The van der Waals surface area contributed by atoms with Gasteiger partial charge < -0.3 is 5.32 Å². The van der Waals surface area contributed by atoms with Crippen LogP contribution in [0.25, 0.3) is 0 Å². The second kappa shape index (κ2) is 7.90. The van der Waals surface area contributed by atoms with Gasteiger partial charge in [-0.05, 0) is 24.5 Å². The molecule has 0 aliphatic heterocycles. The minimum Gasteiger partial charge on any atom is -0.374 e. The predicted molar refractivity (Wildman–Crippen MR) is 74.3 cm³/mol. The van der Waals surface area contributed by atoms with Crippen molar-refractivity contribution in [3.05, 3.63) is 5.69 Å². The van der Waals surface area contributed by atoms with E-state index in [1.807, 2.05) is 11.8 Å². The molecule has 0 fully saturated rings. The maximum atomic E-state index is 4.17. The molecule has 5 heteroatoms. The van der Waals surface area contributed by atoms with E-state index in [2.05, 4.69) is 35.7 Å². The number of nitrogens with zero attached hydrogens (tertiary/aromatic N) is 2. The van der Waals surface area contributed by atoms with Crippen LogP contribution < -0.4 is 5.32 Å². The summed E-state index contributed by atoms with van der Waals surface area (Å²) in [5.74, 6) is 2.98. The van der Waals surface area contributed by atoms with E-state index in [0.717, 1.165) is 35.3 Å². The predicted octanol–water partition coefficient (Wildman–Crippen LogP) is 3.64. The van der Waals surface area contributed by atoms with E-state index in [1.54, 1.807) is 0 Å². The second-order valence-electron chi connectivity index (χ2n) is 4.21. The van der Waals surface area contributed by atoms with E-state index in [0.29, 0.717) is 0 Å². The fourth-order valence-electron chi connectivity index (χ4n) is 1.16. The molecule has 0 amide bonds. The Bertz CT molecular complexity index is 287. The summed E-state index contributed by atoms with van der Waals surface area (Å²) in [5.41, 5.74) is 1.12. The zero-order valence-corrected chi connectivity index (χ0v) is 12.0. The van der Waals surface area contributed by atoms with Gasteiger partial charge >= 0.3 is 0 Å². The van der Waals surface area contributed by atoms with Crippen molar-refractivity contribution in [2.24, 2.45) is 5.92 Å². The van der Waals surface area contributed by atoms with Gasteiger partial charge in [0.15, 0.2) is 0 Å². The third-order valence-electron chi connectivity index (χ3n) is 2.17. The highest BCUT2D eigenvalue weighted by Crippen LogP contribution is 2.23. The Balaban J connectivity index is 2.27. The van der Waals surface area contributed by atoms with Crippen LogP contribution in [0.1, 0.15) is 39.3 Å². The molecule has 1 rings (SSSR count). The maximum Gasteiger partial charge on any atom is 0.134 e. The first-order chi connectivity index (χ1) is 7.74. The lowest BCUT2D eigenvalue weighted by Gasteiger charge is -2.05.